The third-order valence-electron chi connectivity index (χ3n) is 6.61. The summed E-state index contributed by atoms with van der Waals surface area (Å²) < 4.78 is 65.8. The zero-order chi connectivity index (χ0) is 31.1. The van der Waals surface area contributed by atoms with Crippen molar-refractivity contribution in [3.8, 4) is 0 Å². The van der Waals surface area contributed by atoms with Crippen molar-refractivity contribution >= 4 is 23.4 Å². The number of aliphatic carboxylic acids is 2. The first-order valence-corrected chi connectivity index (χ1v) is 12.8. The van der Waals surface area contributed by atoms with Crippen LogP contribution >= 0.6 is 0 Å². The zero-order valence-corrected chi connectivity index (χ0v) is 22.5. The summed E-state index contributed by atoms with van der Waals surface area (Å²) in [6.45, 7) is 6.37. The highest BCUT2D eigenvalue weighted by Crippen LogP contribution is 2.28. The number of carboxylic acid groups (broad SMARTS) is 2. The van der Waals surface area contributed by atoms with Gasteiger partial charge in [-0.15, -0.1) is 0 Å². The number of nitrogens with zero attached hydrogens (tertiary/aromatic N) is 6. The Balaban J connectivity index is 0.000000289. The van der Waals surface area contributed by atoms with Gasteiger partial charge in [0, 0.05) is 57.9 Å². The number of piperazine rings is 1. The van der Waals surface area contributed by atoms with Gasteiger partial charge < -0.3 is 15.1 Å². The van der Waals surface area contributed by atoms with E-state index in [-0.39, 0.29) is 0 Å². The lowest BCUT2D eigenvalue weighted by atomic mass is 10.1. The molecule has 0 amide bonds. The maximum absolute atomic E-state index is 10.6. The topological polar surface area (TPSA) is 115 Å². The van der Waals surface area contributed by atoms with Crippen LogP contribution in [0, 0.1) is 0 Å². The van der Waals surface area contributed by atoms with E-state index < -0.39 is 24.3 Å². The third kappa shape index (κ3) is 9.04. The minimum Gasteiger partial charge on any atom is -0.475 e. The van der Waals surface area contributed by atoms with Crippen LogP contribution in [0.4, 0.5) is 32.2 Å². The summed E-state index contributed by atoms with van der Waals surface area (Å²) >= 11 is 0. The molecule has 0 aromatic carbocycles. The van der Waals surface area contributed by atoms with Gasteiger partial charge >= 0.3 is 24.3 Å². The number of alkyl halides is 6. The van der Waals surface area contributed by atoms with Gasteiger partial charge in [0.05, 0.1) is 11.7 Å². The Labute approximate surface area is 236 Å². The zero-order valence-electron chi connectivity index (χ0n) is 22.5. The average Bonchev–Trinajstić information content (AvgIpc) is 3.60. The number of pyridine rings is 2. The van der Waals surface area contributed by atoms with Crippen molar-refractivity contribution < 1.29 is 46.1 Å². The second-order valence-corrected chi connectivity index (χ2v) is 9.67. The number of hydrogen-bond donors (Lipinski definition) is 2. The minimum absolute atomic E-state index is 0.316. The molecule has 10 nitrogen and oxygen atoms in total. The van der Waals surface area contributed by atoms with Crippen LogP contribution in [0.5, 0.6) is 0 Å². The smallest absolute Gasteiger partial charge is 0.475 e. The van der Waals surface area contributed by atoms with Gasteiger partial charge in [-0.3, -0.25) is 19.2 Å². The van der Waals surface area contributed by atoms with E-state index in [0.29, 0.717) is 6.04 Å². The van der Waals surface area contributed by atoms with Crippen molar-refractivity contribution in [3.05, 3.63) is 60.2 Å². The molecule has 2 fully saturated rings. The number of likely N-dealkylation sites (N-methyl/N-ethyl adjacent to an activating group) is 1. The Morgan fingerprint density at radius 2 is 1.55 bits per heavy atom. The lowest BCUT2D eigenvalue weighted by molar-refractivity contribution is -0.193. The number of carboxylic acids is 2. The summed E-state index contributed by atoms with van der Waals surface area (Å²) in [5.74, 6) is -4.24. The van der Waals surface area contributed by atoms with Gasteiger partial charge in [0.1, 0.15) is 11.5 Å². The molecule has 230 valence electrons. The third-order valence-corrected chi connectivity index (χ3v) is 6.61. The molecule has 2 N–H and O–H groups in total. The molecule has 5 heterocycles. The maximum Gasteiger partial charge on any atom is 0.490 e. The van der Waals surface area contributed by atoms with Gasteiger partial charge in [0.25, 0.3) is 0 Å². The molecule has 0 spiro atoms. The van der Waals surface area contributed by atoms with Crippen molar-refractivity contribution in [1.29, 1.82) is 0 Å². The van der Waals surface area contributed by atoms with Crippen LogP contribution in [0.3, 0.4) is 0 Å². The van der Waals surface area contributed by atoms with Crippen molar-refractivity contribution in [2.24, 2.45) is 0 Å². The van der Waals surface area contributed by atoms with Gasteiger partial charge in [-0.05, 0) is 43.7 Å². The maximum atomic E-state index is 10.6. The molecule has 5 rings (SSSR count). The van der Waals surface area contributed by atoms with E-state index in [4.69, 9.17) is 24.8 Å². The van der Waals surface area contributed by atoms with Crippen molar-refractivity contribution in [2.45, 2.75) is 37.8 Å². The number of rotatable bonds is 4. The molecule has 16 heteroatoms. The number of anilines is 1. The predicted octanol–water partition coefficient (Wildman–Crippen LogP) is 4.08. The van der Waals surface area contributed by atoms with E-state index in [0.717, 1.165) is 44.9 Å². The van der Waals surface area contributed by atoms with Crippen LogP contribution < -0.4 is 4.90 Å². The first-order chi connectivity index (χ1) is 19.7. The van der Waals surface area contributed by atoms with E-state index >= 15 is 0 Å². The summed E-state index contributed by atoms with van der Waals surface area (Å²) in [6, 6.07) is 11.0. The molecule has 1 atom stereocenters. The first kappa shape index (κ1) is 32.6. The van der Waals surface area contributed by atoms with Crippen LogP contribution in [0.15, 0.2) is 48.9 Å². The number of hydrogen-bond acceptors (Lipinski definition) is 7. The molecular formula is C26H30F6N6O4. The number of halogens is 6. The largest absolute Gasteiger partial charge is 0.490 e. The normalized spacial score (nSPS) is 18.2. The Kier molecular flexibility index (Phi) is 10.7. The summed E-state index contributed by atoms with van der Waals surface area (Å²) in [4.78, 5) is 34.5. The molecular weight excluding hydrogens is 574 g/mol. The fourth-order valence-corrected chi connectivity index (χ4v) is 4.52. The molecule has 0 bridgehead atoms. The van der Waals surface area contributed by atoms with Crippen LogP contribution in [-0.2, 0) is 16.1 Å². The predicted molar refractivity (Wildman–Crippen MR) is 139 cm³/mol. The second-order valence-electron chi connectivity index (χ2n) is 9.67. The van der Waals surface area contributed by atoms with E-state index in [2.05, 4.69) is 61.6 Å². The van der Waals surface area contributed by atoms with Gasteiger partial charge in [0.15, 0.2) is 0 Å². The number of fused-ring (bicyclic) bond motifs is 1. The molecule has 0 radical (unpaired) electrons. The molecule has 42 heavy (non-hydrogen) atoms. The summed E-state index contributed by atoms with van der Waals surface area (Å²) in [5, 5.41) is 14.2. The SMILES string of the molecule is CN1CCN(Cc2cccnc2)CC1c1cn2c(N3CCCC3)cccc2n1.O=C(O)C(F)(F)F.O=C(O)C(F)(F)F. The van der Waals surface area contributed by atoms with Gasteiger partial charge in [0.2, 0.25) is 0 Å². The first-order valence-electron chi connectivity index (χ1n) is 12.8. The van der Waals surface area contributed by atoms with Gasteiger partial charge in [-0.1, -0.05) is 12.1 Å². The van der Waals surface area contributed by atoms with Crippen molar-refractivity contribution in [1.82, 2.24) is 24.2 Å². The quantitative estimate of drug-likeness (QED) is 0.425. The number of imidazole rings is 1. The van der Waals surface area contributed by atoms with E-state index in [1.807, 2.05) is 18.5 Å². The van der Waals surface area contributed by atoms with E-state index in [1.54, 1.807) is 0 Å². The van der Waals surface area contributed by atoms with Gasteiger partial charge in [-0.2, -0.15) is 26.3 Å². The van der Waals surface area contributed by atoms with Crippen molar-refractivity contribution in [2.75, 3.05) is 44.7 Å². The molecule has 2 aliphatic heterocycles. The number of aromatic nitrogens is 3. The van der Waals surface area contributed by atoms with E-state index in [1.165, 1.54) is 29.9 Å². The molecule has 3 aromatic heterocycles. The van der Waals surface area contributed by atoms with Crippen LogP contribution in [-0.4, -0.2) is 98.4 Å². The summed E-state index contributed by atoms with van der Waals surface area (Å²) in [5.41, 5.74) is 3.50. The molecule has 2 aliphatic rings. The van der Waals surface area contributed by atoms with Crippen LogP contribution in [0.25, 0.3) is 5.65 Å². The summed E-state index contributed by atoms with van der Waals surface area (Å²) in [6.07, 6.45) is -1.53. The Morgan fingerprint density at radius 1 is 0.929 bits per heavy atom. The molecule has 2 saturated heterocycles. The highest BCUT2D eigenvalue weighted by atomic mass is 19.4. The lowest BCUT2D eigenvalue weighted by Gasteiger charge is -2.38. The molecule has 0 aliphatic carbocycles. The van der Waals surface area contributed by atoms with Crippen LogP contribution in [0.1, 0.15) is 30.1 Å². The Morgan fingerprint density at radius 3 is 2.10 bits per heavy atom. The standard InChI is InChI=1S/C22H28N6.2C2HF3O2/c1-25-12-13-26(15-18-6-5-9-23-14-18)17-20(25)19-16-28-21(24-19)7-4-8-22(28)27-10-2-3-11-27;2*3-2(4,5)1(6)7/h4-9,14,16,20H,2-3,10-13,15,17H2,1H3;2*(H,6,7). The lowest BCUT2D eigenvalue weighted by Crippen LogP contribution is -2.46. The molecule has 3 aromatic rings. The minimum atomic E-state index is -5.08. The molecule has 0 saturated carbocycles. The van der Waals surface area contributed by atoms with Gasteiger partial charge in [-0.25, -0.2) is 14.6 Å². The average molecular weight is 605 g/mol. The van der Waals surface area contributed by atoms with E-state index in [9.17, 15) is 26.3 Å². The van der Waals surface area contributed by atoms with Crippen molar-refractivity contribution in [3.63, 3.8) is 0 Å². The highest BCUT2D eigenvalue weighted by Gasteiger charge is 2.39. The van der Waals surface area contributed by atoms with Crippen LogP contribution in [0.2, 0.25) is 0 Å². The number of carbonyl (C=O) groups is 2. The highest BCUT2D eigenvalue weighted by molar-refractivity contribution is 5.73. The Bertz CT molecular complexity index is 1300. The fraction of sp³-hybridized carbons (Fsp3) is 0.462. The Hall–Kier alpha value is -3.92. The molecule has 1 unspecified atom stereocenters. The fourth-order valence-electron chi connectivity index (χ4n) is 4.52. The monoisotopic (exact) mass is 604 g/mol. The summed E-state index contributed by atoms with van der Waals surface area (Å²) in [7, 11) is 2.22. The second kappa shape index (κ2) is 13.8.